The molecule has 0 aliphatic carbocycles. The van der Waals surface area contributed by atoms with Gasteiger partial charge in [0.2, 0.25) is 10.0 Å². The molecule has 0 unspecified atom stereocenters. The highest BCUT2D eigenvalue weighted by Gasteiger charge is 2.41. The lowest BCUT2D eigenvalue weighted by Crippen LogP contribution is -2.40. The molecule has 0 N–H and O–H groups in total. The first-order valence-corrected chi connectivity index (χ1v) is 12.7. The van der Waals surface area contributed by atoms with Gasteiger partial charge in [0.1, 0.15) is 23.7 Å². The fourth-order valence-corrected chi connectivity index (χ4v) is 5.56. The Morgan fingerprint density at radius 3 is 2.34 bits per heavy atom. The molecule has 1 aliphatic heterocycles. The van der Waals surface area contributed by atoms with Crippen LogP contribution in [0.15, 0.2) is 41.6 Å². The number of piperidine rings is 1. The molecule has 7 nitrogen and oxygen atoms in total. The molecule has 192 valence electrons. The minimum absolute atomic E-state index is 0.00507. The van der Waals surface area contributed by atoms with E-state index in [1.54, 1.807) is 24.8 Å². The van der Waals surface area contributed by atoms with Crippen molar-refractivity contribution < 1.29 is 30.8 Å². The van der Waals surface area contributed by atoms with E-state index in [-0.39, 0.29) is 56.0 Å². The van der Waals surface area contributed by atoms with Gasteiger partial charge in [-0.15, -0.1) is 0 Å². The summed E-state index contributed by atoms with van der Waals surface area (Å²) in [4.78, 5) is 22.6. The van der Waals surface area contributed by atoms with Gasteiger partial charge in [0.05, 0.1) is 17.4 Å². The Morgan fingerprint density at radius 1 is 1.14 bits per heavy atom. The molecule has 0 atom stereocenters. The van der Waals surface area contributed by atoms with Gasteiger partial charge in [0, 0.05) is 37.3 Å². The van der Waals surface area contributed by atoms with E-state index in [0.717, 1.165) is 28.6 Å². The molecule has 1 aromatic carbocycles. The van der Waals surface area contributed by atoms with Crippen LogP contribution in [0.4, 0.5) is 23.4 Å². The van der Waals surface area contributed by atoms with Gasteiger partial charge >= 0.3 is 6.18 Å². The second kappa shape index (κ2) is 11.0. The third-order valence-corrected chi connectivity index (χ3v) is 8.02. The number of alkyl halides is 3. The molecule has 2 aromatic rings. The predicted molar refractivity (Wildman–Crippen MR) is 122 cm³/mol. The topological polar surface area (TPSA) is 83.5 Å². The molecule has 12 heteroatoms. The number of Topliss-reactive ketones (excluding diaryl/α,β-unsaturated/α-hetero) is 1. The van der Waals surface area contributed by atoms with E-state index in [1.165, 1.54) is 6.33 Å². The van der Waals surface area contributed by atoms with Crippen molar-refractivity contribution in [3.63, 3.8) is 0 Å². The summed E-state index contributed by atoms with van der Waals surface area (Å²) < 4.78 is 78.9. The maximum Gasteiger partial charge on any atom is 0.391 e. The van der Waals surface area contributed by atoms with Crippen LogP contribution in [-0.2, 0) is 21.2 Å². The number of hydrogen-bond donors (Lipinski definition) is 0. The smallest absolute Gasteiger partial charge is 0.356 e. The van der Waals surface area contributed by atoms with E-state index in [9.17, 15) is 30.8 Å². The molecular formula is C23H28F4N4O3S. The molecule has 1 saturated heterocycles. The first-order valence-electron chi connectivity index (χ1n) is 11.3. The van der Waals surface area contributed by atoms with Crippen LogP contribution in [0.1, 0.15) is 38.8 Å². The van der Waals surface area contributed by atoms with Crippen LogP contribution in [0.25, 0.3) is 0 Å². The van der Waals surface area contributed by atoms with Crippen molar-refractivity contribution in [1.82, 2.24) is 14.3 Å². The number of anilines is 1. The lowest BCUT2D eigenvalue weighted by molar-refractivity contribution is -0.179. The van der Waals surface area contributed by atoms with Crippen molar-refractivity contribution >= 4 is 21.6 Å². The van der Waals surface area contributed by atoms with Crippen LogP contribution in [0.3, 0.4) is 0 Å². The molecule has 0 radical (unpaired) electrons. The Kier molecular flexibility index (Phi) is 8.47. The number of ketones is 1. The highest BCUT2D eigenvalue weighted by molar-refractivity contribution is 7.89. The van der Waals surface area contributed by atoms with Gasteiger partial charge < -0.3 is 4.90 Å². The molecule has 1 fully saturated rings. The monoisotopic (exact) mass is 516 g/mol. The number of halogens is 4. The summed E-state index contributed by atoms with van der Waals surface area (Å²) in [6.07, 6.45) is -2.64. The zero-order chi connectivity index (χ0) is 25.8. The molecular weight excluding hydrogens is 488 g/mol. The Labute approximate surface area is 202 Å². The SMILES string of the molecule is CC(C)N(CC(=O)CCc1cc(N2CCC(C(F)(F)F)CC2)ncn1)S(=O)(=O)c1ccc(F)cc1. The lowest BCUT2D eigenvalue weighted by atomic mass is 9.96. The standard InChI is InChI=1S/C23H28F4N4O3S/c1-16(2)31(35(33,34)21-7-3-18(24)4-8-21)14-20(32)6-5-19-13-22(29-15-28-19)30-11-9-17(10-12-30)23(25,26)27/h3-4,7-8,13,15-17H,5-6,9-12,14H2,1-2H3. The molecule has 1 aliphatic rings. The van der Waals surface area contributed by atoms with Gasteiger partial charge in [0.15, 0.2) is 0 Å². The third-order valence-electron chi connectivity index (χ3n) is 5.98. The van der Waals surface area contributed by atoms with Crippen molar-refractivity contribution in [3.05, 3.63) is 48.2 Å². The van der Waals surface area contributed by atoms with Crippen LogP contribution < -0.4 is 4.90 Å². The largest absolute Gasteiger partial charge is 0.391 e. The molecule has 0 amide bonds. The normalized spacial score (nSPS) is 15.7. The second-order valence-corrected chi connectivity index (χ2v) is 10.7. The minimum Gasteiger partial charge on any atom is -0.356 e. The van der Waals surface area contributed by atoms with Crippen LogP contribution in [0.5, 0.6) is 0 Å². The van der Waals surface area contributed by atoms with Gasteiger partial charge in [-0.1, -0.05) is 0 Å². The fourth-order valence-electron chi connectivity index (χ4n) is 3.94. The highest BCUT2D eigenvalue weighted by atomic mass is 32.2. The summed E-state index contributed by atoms with van der Waals surface area (Å²) in [7, 11) is -4.00. The number of sulfonamides is 1. The van der Waals surface area contributed by atoms with E-state index in [4.69, 9.17) is 0 Å². The van der Waals surface area contributed by atoms with E-state index < -0.39 is 34.0 Å². The number of hydrogen-bond acceptors (Lipinski definition) is 6. The summed E-state index contributed by atoms with van der Waals surface area (Å²) in [5, 5.41) is 0. The van der Waals surface area contributed by atoms with Crippen LogP contribution in [0, 0.1) is 11.7 Å². The number of nitrogens with zero attached hydrogens (tertiary/aromatic N) is 4. The Morgan fingerprint density at radius 2 is 1.77 bits per heavy atom. The van der Waals surface area contributed by atoms with Crippen LogP contribution in [-0.4, -0.2) is 60.3 Å². The average molecular weight is 517 g/mol. The highest BCUT2D eigenvalue weighted by Crippen LogP contribution is 2.35. The number of carbonyl (C=O) groups is 1. The van der Waals surface area contributed by atoms with Gasteiger partial charge in [-0.25, -0.2) is 22.8 Å². The molecule has 0 saturated carbocycles. The average Bonchev–Trinajstić information content (AvgIpc) is 2.81. The Bertz CT molecular complexity index is 1120. The minimum atomic E-state index is -4.20. The maximum absolute atomic E-state index is 13.2. The zero-order valence-electron chi connectivity index (χ0n) is 19.5. The quantitative estimate of drug-likeness (QED) is 0.469. The van der Waals surface area contributed by atoms with Crippen LogP contribution in [0.2, 0.25) is 0 Å². The van der Waals surface area contributed by atoms with Gasteiger partial charge in [-0.2, -0.15) is 17.5 Å². The Balaban J connectivity index is 1.60. The van der Waals surface area contributed by atoms with E-state index >= 15 is 0 Å². The van der Waals surface area contributed by atoms with E-state index in [1.807, 2.05) is 0 Å². The van der Waals surface area contributed by atoms with Gasteiger partial charge in [-0.05, 0) is 57.4 Å². The third kappa shape index (κ3) is 6.97. The summed E-state index contributed by atoms with van der Waals surface area (Å²) in [5.41, 5.74) is 0.541. The van der Waals surface area contributed by atoms with Crippen molar-refractivity contribution in [2.45, 2.75) is 56.6 Å². The molecule has 0 spiro atoms. The second-order valence-electron chi connectivity index (χ2n) is 8.81. The number of aromatic nitrogens is 2. The molecule has 2 heterocycles. The zero-order valence-corrected chi connectivity index (χ0v) is 20.3. The summed E-state index contributed by atoms with van der Waals surface area (Å²) >= 11 is 0. The number of benzene rings is 1. The molecule has 35 heavy (non-hydrogen) atoms. The molecule has 3 rings (SSSR count). The van der Waals surface area contributed by atoms with Gasteiger partial charge in [-0.3, -0.25) is 4.79 Å². The predicted octanol–water partition coefficient (Wildman–Crippen LogP) is 4.00. The van der Waals surface area contributed by atoms with Crippen molar-refractivity contribution in [2.75, 3.05) is 24.5 Å². The first-order chi connectivity index (χ1) is 16.4. The maximum atomic E-state index is 13.2. The lowest BCUT2D eigenvalue weighted by Gasteiger charge is -2.33. The van der Waals surface area contributed by atoms with E-state index in [2.05, 4.69) is 9.97 Å². The Hall–Kier alpha value is -2.60. The van der Waals surface area contributed by atoms with Gasteiger partial charge in [0.25, 0.3) is 0 Å². The van der Waals surface area contributed by atoms with Crippen LogP contribution >= 0.6 is 0 Å². The van der Waals surface area contributed by atoms with Crippen molar-refractivity contribution in [1.29, 1.82) is 0 Å². The van der Waals surface area contributed by atoms with E-state index in [0.29, 0.717) is 11.5 Å². The first kappa shape index (κ1) is 27.0. The fraction of sp³-hybridized carbons (Fsp3) is 0.522. The summed E-state index contributed by atoms with van der Waals surface area (Å²) in [6.45, 7) is 3.40. The number of carbonyl (C=O) groups excluding carboxylic acids is 1. The van der Waals surface area contributed by atoms with Crippen molar-refractivity contribution in [3.8, 4) is 0 Å². The van der Waals surface area contributed by atoms with Crippen molar-refractivity contribution in [2.24, 2.45) is 5.92 Å². The molecule has 1 aromatic heterocycles. The summed E-state index contributed by atoms with van der Waals surface area (Å²) in [5.74, 6) is -1.70. The number of rotatable bonds is 9. The summed E-state index contributed by atoms with van der Waals surface area (Å²) in [6, 6.07) is 5.56. The number of aryl methyl sites for hydroxylation is 1. The molecule has 0 bridgehead atoms.